The van der Waals surface area contributed by atoms with Crippen molar-refractivity contribution in [2.45, 2.75) is 18.8 Å². The van der Waals surface area contributed by atoms with Crippen LogP contribution in [0.15, 0.2) is 55.3 Å². The summed E-state index contributed by atoms with van der Waals surface area (Å²) in [6, 6.07) is 10.1. The van der Waals surface area contributed by atoms with Gasteiger partial charge >= 0.3 is 12.4 Å². The van der Waals surface area contributed by atoms with Crippen molar-refractivity contribution in [1.29, 1.82) is 0 Å². The minimum absolute atomic E-state index is 0.0491. The maximum Gasteiger partial charge on any atom is 0.417 e. The molecular formula is C22H16F6N4O. The zero-order valence-electron chi connectivity index (χ0n) is 16.8. The lowest BCUT2D eigenvalue weighted by Crippen LogP contribution is -2.06. The Morgan fingerprint density at radius 1 is 1.06 bits per heavy atom. The molecule has 0 radical (unpaired) electrons. The van der Waals surface area contributed by atoms with E-state index in [9.17, 15) is 31.1 Å². The number of imidazole rings is 1. The fourth-order valence-electron chi connectivity index (χ4n) is 2.84. The number of carbonyl (C=O) groups excluding carboxylic acids is 1. The number of rotatable bonds is 3. The van der Waals surface area contributed by atoms with Gasteiger partial charge in [-0.15, -0.1) is 0 Å². The van der Waals surface area contributed by atoms with E-state index in [1.165, 1.54) is 6.08 Å². The van der Waals surface area contributed by atoms with E-state index in [-0.39, 0.29) is 29.8 Å². The zero-order chi connectivity index (χ0) is 24.2. The molecule has 0 aliphatic carbocycles. The van der Waals surface area contributed by atoms with Gasteiger partial charge in [-0.2, -0.15) is 26.3 Å². The second kappa shape index (κ2) is 9.31. The summed E-state index contributed by atoms with van der Waals surface area (Å²) in [7, 11) is 0. The number of allylic oxidation sites excluding steroid dienone is 1. The molecule has 0 spiro atoms. The average Bonchev–Trinajstić information content (AvgIpc) is 3.33. The van der Waals surface area contributed by atoms with E-state index in [1.807, 2.05) is 30.3 Å². The van der Waals surface area contributed by atoms with Crippen LogP contribution in [0.4, 0.5) is 32.0 Å². The van der Waals surface area contributed by atoms with Gasteiger partial charge in [-0.05, 0) is 18.2 Å². The number of carbonyl (C=O) groups is 1. The Morgan fingerprint density at radius 2 is 1.76 bits per heavy atom. The van der Waals surface area contributed by atoms with Gasteiger partial charge in [-0.25, -0.2) is 4.98 Å². The number of hydrogen-bond donors (Lipinski definition) is 2. The molecule has 0 fully saturated rings. The largest absolute Gasteiger partial charge is 0.417 e. The highest BCUT2D eigenvalue weighted by Gasteiger charge is 2.33. The first kappa shape index (κ1) is 23.8. The Kier molecular flexibility index (Phi) is 6.70. The SMILES string of the molecule is C=Cc1nc(-c2ccccc2)[nH]c1/C=C/C(F)(F)F.O=C1Cc2ncc(C(F)(F)F)cc2N1. The molecule has 172 valence electrons. The molecule has 1 aliphatic rings. The fraction of sp³-hybridized carbons (Fsp3) is 0.136. The van der Waals surface area contributed by atoms with Crippen LogP contribution in [0.3, 0.4) is 0 Å². The third-order valence-electron chi connectivity index (χ3n) is 4.34. The summed E-state index contributed by atoms with van der Waals surface area (Å²) < 4.78 is 73.1. The van der Waals surface area contributed by atoms with Crippen LogP contribution in [-0.4, -0.2) is 27.0 Å². The predicted molar refractivity (Wildman–Crippen MR) is 111 cm³/mol. The monoisotopic (exact) mass is 466 g/mol. The number of benzene rings is 1. The number of anilines is 1. The molecule has 0 saturated carbocycles. The lowest BCUT2D eigenvalue weighted by molar-refractivity contribution is -0.137. The van der Waals surface area contributed by atoms with Crippen LogP contribution >= 0.6 is 0 Å². The van der Waals surface area contributed by atoms with Crippen molar-refractivity contribution in [1.82, 2.24) is 15.0 Å². The van der Waals surface area contributed by atoms with Crippen molar-refractivity contribution in [2.24, 2.45) is 0 Å². The van der Waals surface area contributed by atoms with Crippen molar-refractivity contribution in [2.75, 3.05) is 5.32 Å². The molecule has 2 N–H and O–H groups in total. The van der Waals surface area contributed by atoms with Gasteiger partial charge in [0, 0.05) is 17.8 Å². The quantitative estimate of drug-likeness (QED) is 0.473. The second-order valence-electron chi connectivity index (χ2n) is 6.77. The Bertz CT molecular complexity index is 1180. The maximum atomic E-state index is 12.2. The van der Waals surface area contributed by atoms with Gasteiger partial charge in [0.2, 0.25) is 5.91 Å². The smallest absolute Gasteiger partial charge is 0.338 e. The molecule has 3 aromatic rings. The number of alkyl halides is 6. The van der Waals surface area contributed by atoms with Gasteiger partial charge in [-0.1, -0.05) is 36.9 Å². The number of pyridine rings is 1. The number of nitrogens with one attached hydrogen (secondary N) is 2. The van der Waals surface area contributed by atoms with E-state index < -0.39 is 17.9 Å². The standard InChI is InChI=1S/C14H11F3N2.C8H5F3N2O/c1-2-11-12(8-9-14(15,16)17)19-13(18-11)10-6-4-3-5-7-10;9-8(10,11)4-1-6-5(12-3-4)2-7(14)13-6/h2-9H,1H2,(H,18,19);1,3H,2H2,(H,13,14)/b9-8+;. The zero-order valence-corrected chi connectivity index (χ0v) is 16.8. The number of aromatic nitrogens is 3. The lowest BCUT2D eigenvalue weighted by atomic mass is 10.2. The van der Waals surface area contributed by atoms with Crippen LogP contribution in [0.1, 0.15) is 22.6 Å². The molecule has 11 heteroatoms. The summed E-state index contributed by atoms with van der Waals surface area (Å²) in [5.41, 5.74) is 1.15. The first-order valence-electron chi connectivity index (χ1n) is 9.36. The molecule has 3 heterocycles. The summed E-state index contributed by atoms with van der Waals surface area (Å²) in [6.07, 6.45) is -5.45. The van der Waals surface area contributed by atoms with E-state index in [1.54, 1.807) is 0 Å². The molecule has 0 unspecified atom stereocenters. The second-order valence-corrected chi connectivity index (χ2v) is 6.77. The number of aromatic amines is 1. The van der Waals surface area contributed by atoms with Crippen LogP contribution in [0.2, 0.25) is 0 Å². The van der Waals surface area contributed by atoms with Crippen molar-refractivity contribution in [3.63, 3.8) is 0 Å². The van der Waals surface area contributed by atoms with Gasteiger partial charge < -0.3 is 10.3 Å². The highest BCUT2D eigenvalue weighted by molar-refractivity contribution is 5.98. The number of hydrogen-bond acceptors (Lipinski definition) is 3. The van der Waals surface area contributed by atoms with Crippen LogP contribution in [0, 0.1) is 0 Å². The molecule has 33 heavy (non-hydrogen) atoms. The van der Waals surface area contributed by atoms with Crippen LogP contribution < -0.4 is 5.32 Å². The van der Waals surface area contributed by atoms with Crippen LogP contribution in [-0.2, 0) is 17.4 Å². The van der Waals surface area contributed by atoms with Gasteiger partial charge in [0.05, 0.1) is 34.8 Å². The molecule has 1 amide bonds. The van der Waals surface area contributed by atoms with E-state index in [0.717, 1.165) is 23.9 Å². The van der Waals surface area contributed by atoms with Crippen molar-refractivity contribution >= 4 is 23.7 Å². The van der Waals surface area contributed by atoms with Gasteiger partial charge in [0.1, 0.15) is 5.82 Å². The molecule has 1 aliphatic heterocycles. The Hall–Kier alpha value is -3.89. The molecule has 0 atom stereocenters. The summed E-state index contributed by atoms with van der Waals surface area (Å²) in [5.74, 6) is 0.184. The van der Waals surface area contributed by atoms with E-state index in [0.29, 0.717) is 17.2 Å². The molecule has 1 aromatic carbocycles. The first-order valence-corrected chi connectivity index (χ1v) is 9.36. The topological polar surface area (TPSA) is 70.7 Å². The van der Waals surface area contributed by atoms with Crippen molar-refractivity contribution < 1.29 is 31.1 Å². The number of fused-ring (bicyclic) bond motifs is 1. The summed E-state index contributed by atoms with van der Waals surface area (Å²) in [6.45, 7) is 3.55. The highest BCUT2D eigenvalue weighted by atomic mass is 19.4. The lowest BCUT2D eigenvalue weighted by Gasteiger charge is -2.06. The van der Waals surface area contributed by atoms with Crippen LogP contribution in [0.5, 0.6) is 0 Å². The van der Waals surface area contributed by atoms with E-state index >= 15 is 0 Å². The van der Waals surface area contributed by atoms with Gasteiger partial charge in [-0.3, -0.25) is 9.78 Å². The van der Waals surface area contributed by atoms with Gasteiger partial charge in [0.25, 0.3) is 0 Å². The van der Waals surface area contributed by atoms with Crippen molar-refractivity contribution in [3.05, 3.63) is 77.9 Å². The predicted octanol–water partition coefficient (Wildman–Crippen LogP) is 5.89. The molecule has 2 aromatic heterocycles. The molecular weight excluding hydrogens is 450 g/mol. The molecule has 0 bridgehead atoms. The highest BCUT2D eigenvalue weighted by Crippen LogP contribution is 2.32. The van der Waals surface area contributed by atoms with E-state index in [4.69, 9.17) is 0 Å². The summed E-state index contributed by atoms with van der Waals surface area (Å²) in [4.78, 5) is 21.5. The Balaban J connectivity index is 0.000000194. The minimum atomic E-state index is -4.42. The number of H-pyrrole nitrogens is 1. The van der Waals surface area contributed by atoms with Crippen LogP contribution in [0.25, 0.3) is 23.5 Å². The summed E-state index contributed by atoms with van der Waals surface area (Å²) in [5, 5.41) is 2.31. The number of amides is 1. The Labute approximate surface area is 183 Å². The number of nitrogens with zero attached hydrogens (tertiary/aromatic N) is 2. The normalized spacial score (nSPS) is 13.3. The first-order chi connectivity index (χ1) is 15.5. The van der Waals surface area contributed by atoms with Crippen molar-refractivity contribution in [3.8, 4) is 11.4 Å². The van der Waals surface area contributed by atoms with E-state index in [2.05, 4.69) is 26.8 Å². The third-order valence-corrected chi connectivity index (χ3v) is 4.34. The molecule has 5 nitrogen and oxygen atoms in total. The fourth-order valence-corrected chi connectivity index (χ4v) is 2.84. The summed E-state index contributed by atoms with van der Waals surface area (Å²) >= 11 is 0. The average molecular weight is 466 g/mol. The molecule has 0 saturated heterocycles. The van der Waals surface area contributed by atoms with Gasteiger partial charge in [0.15, 0.2) is 0 Å². The molecule has 4 rings (SSSR count). The minimum Gasteiger partial charge on any atom is -0.338 e. The third kappa shape index (κ3) is 6.31. The Morgan fingerprint density at radius 3 is 2.36 bits per heavy atom. The number of halogens is 6. The maximum absolute atomic E-state index is 12.2.